The summed E-state index contributed by atoms with van der Waals surface area (Å²) in [5, 5.41) is 9.68. The molecule has 1 aromatic heterocycles. The van der Waals surface area contributed by atoms with E-state index in [1.165, 1.54) is 34.4 Å². The van der Waals surface area contributed by atoms with Gasteiger partial charge in [-0.2, -0.15) is 5.26 Å². The predicted octanol–water partition coefficient (Wildman–Crippen LogP) is 5.86. The molecule has 1 heterocycles. The van der Waals surface area contributed by atoms with Crippen molar-refractivity contribution in [1.29, 1.82) is 5.26 Å². The molecule has 27 heavy (non-hydrogen) atoms. The molecule has 3 heteroatoms. The van der Waals surface area contributed by atoms with Gasteiger partial charge in [-0.1, -0.05) is 41.9 Å². The molecule has 0 radical (unpaired) electrons. The monoisotopic (exact) mass is 372 g/mol. The van der Waals surface area contributed by atoms with Crippen molar-refractivity contribution >= 4 is 11.6 Å². The fourth-order valence-corrected chi connectivity index (χ4v) is 4.14. The molecule has 0 fully saturated rings. The van der Waals surface area contributed by atoms with E-state index >= 15 is 0 Å². The molecular formula is C24H21ClN2. The number of aromatic nitrogens is 1. The maximum atomic E-state index is 8.95. The van der Waals surface area contributed by atoms with E-state index in [-0.39, 0.29) is 0 Å². The Morgan fingerprint density at radius 2 is 1.96 bits per heavy atom. The predicted molar refractivity (Wildman–Crippen MR) is 110 cm³/mol. The van der Waals surface area contributed by atoms with E-state index < -0.39 is 0 Å². The van der Waals surface area contributed by atoms with Crippen LogP contribution in [0.15, 0.2) is 48.5 Å². The van der Waals surface area contributed by atoms with Gasteiger partial charge >= 0.3 is 0 Å². The van der Waals surface area contributed by atoms with Crippen molar-refractivity contribution in [3.63, 3.8) is 0 Å². The highest BCUT2D eigenvalue weighted by Gasteiger charge is 2.19. The first-order chi connectivity index (χ1) is 13.1. The van der Waals surface area contributed by atoms with E-state index in [1.54, 1.807) is 0 Å². The molecule has 4 rings (SSSR count). The van der Waals surface area contributed by atoms with Crippen LogP contribution >= 0.6 is 11.6 Å². The Kier molecular flexibility index (Phi) is 4.97. The second-order valence-corrected chi connectivity index (χ2v) is 7.66. The second-order valence-electron chi connectivity index (χ2n) is 7.23. The third-order valence-corrected chi connectivity index (χ3v) is 5.57. The zero-order valence-corrected chi connectivity index (χ0v) is 16.2. The van der Waals surface area contributed by atoms with Crippen LogP contribution in [0.5, 0.6) is 0 Å². The van der Waals surface area contributed by atoms with Crippen LogP contribution in [0.2, 0.25) is 5.02 Å². The molecule has 2 nitrogen and oxygen atoms in total. The third-order valence-electron chi connectivity index (χ3n) is 5.33. The second kappa shape index (κ2) is 7.55. The van der Waals surface area contributed by atoms with Crippen molar-refractivity contribution in [3.8, 4) is 17.3 Å². The molecule has 134 valence electrons. The molecular weight excluding hydrogens is 352 g/mol. The Labute approximate surface area is 165 Å². The van der Waals surface area contributed by atoms with E-state index in [4.69, 9.17) is 21.8 Å². The lowest BCUT2D eigenvalue weighted by Crippen LogP contribution is -2.01. The number of halogens is 1. The quantitative estimate of drug-likeness (QED) is 0.575. The molecule has 0 saturated carbocycles. The number of fused-ring (bicyclic) bond motifs is 1. The molecule has 0 atom stereocenters. The average molecular weight is 373 g/mol. The minimum absolute atomic E-state index is 0.468. The Hall–Kier alpha value is -2.63. The molecule has 0 unspecified atom stereocenters. The first-order valence-corrected chi connectivity index (χ1v) is 9.75. The Balaban J connectivity index is 1.72. The molecule has 3 aromatic rings. The number of benzene rings is 2. The van der Waals surface area contributed by atoms with E-state index in [2.05, 4.69) is 43.3 Å². The number of nitrogens with zero attached hydrogens (tertiary/aromatic N) is 2. The van der Waals surface area contributed by atoms with Gasteiger partial charge < -0.3 is 0 Å². The van der Waals surface area contributed by atoms with Gasteiger partial charge in [-0.25, -0.2) is 0 Å². The van der Waals surface area contributed by atoms with Crippen molar-refractivity contribution in [2.24, 2.45) is 0 Å². The number of hydrogen-bond acceptors (Lipinski definition) is 2. The van der Waals surface area contributed by atoms with Crippen LogP contribution in [0.1, 0.15) is 39.9 Å². The fourth-order valence-electron chi connectivity index (χ4n) is 3.95. The van der Waals surface area contributed by atoms with E-state index in [9.17, 15) is 0 Å². The van der Waals surface area contributed by atoms with Gasteiger partial charge in [0.1, 0.15) is 0 Å². The maximum Gasteiger partial charge on any atom is 0.0708 e. The third kappa shape index (κ3) is 3.75. The molecule has 1 aliphatic carbocycles. The van der Waals surface area contributed by atoms with Gasteiger partial charge in [0, 0.05) is 16.3 Å². The number of pyridine rings is 1. The van der Waals surface area contributed by atoms with Crippen LogP contribution in [-0.2, 0) is 25.7 Å². The zero-order chi connectivity index (χ0) is 18.8. The lowest BCUT2D eigenvalue weighted by atomic mass is 9.95. The zero-order valence-electron chi connectivity index (χ0n) is 15.4. The Morgan fingerprint density at radius 3 is 2.74 bits per heavy atom. The van der Waals surface area contributed by atoms with E-state index in [0.717, 1.165) is 41.1 Å². The summed E-state index contributed by atoms with van der Waals surface area (Å²) >= 11 is 6.19. The van der Waals surface area contributed by atoms with Crippen LogP contribution in [0.3, 0.4) is 0 Å². The van der Waals surface area contributed by atoms with E-state index in [0.29, 0.717) is 6.42 Å². The van der Waals surface area contributed by atoms with Crippen molar-refractivity contribution in [1.82, 2.24) is 4.98 Å². The van der Waals surface area contributed by atoms with Crippen LogP contribution in [0, 0.1) is 18.3 Å². The minimum atomic E-state index is 0.468. The average Bonchev–Trinajstić information content (AvgIpc) is 3.13. The van der Waals surface area contributed by atoms with Gasteiger partial charge in [0.25, 0.3) is 0 Å². The summed E-state index contributed by atoms with van der Waals surface area (Å²) in [5.41, 5.74) is 9.67. The molecule has 0 bridgehead atoms. The van der Waals surface area contributed by atoms with Gasteiger partial charge in [-0.05, 0) is 78.6 Å². The lowest BCUT2D eigenvalue weighted by molar-refractivity contribution is 0.897. The fraction of sp³-hybridized carbons (Fsp3) is 0.250. The molecule has 0 saturated heterocycles. The molecule has 0 spiro atoms. The molecule has 1 aliphatic rings. The molecule has 0 aliphatic heterocycles. The van der Waals surface area contributed by atoms with Crippen molar-refractivity contribution in [2.45, 2.75) is 39.0 Å². The highest BCUT2D eigenvalue weighted by Crippen LogP contribution is 2.31. The van der Waals surface area contributed by atoms with Gasteiger partial charge in [0.05, 0.1) is 18.2 Å². The van der Waals surface area contributed by atoms with Gasteiger partial charge in [-0.3, -0.25) is 4.98 Å². The van der Waals surface area contributed by atoms with Crippen molar-refractivity contribution in [2.75, 3.05) is 0 Å². The molecule has 0 N–H and O–H groups in total. The highest BCUT2D eigenvalue weighted by molar-refractivity contribution is 6.30. The van der Waals surface area contributed by atoms with Crippen molar-refractivity contribution < 1.29 is 0 Å². The van der Waals surface area contributed by atoms with Gasteiger partial charge in [0.2, 0.25) is 0 Å². The summed E-state index contributed by atoms with van der Waals surface area (Å²) in [6.45, 7) is 2.09. The normalized spacial score (nSPS) is 12.6. The van der Waals surface area contributed by atoms with E-state index in [1.807, 2.05) is 18.2 Å². The number of rotatable bonds is 4. The number of nitriles is 1. The summed E-state index contributed by atoms with van der Waals surface area (Å²) in [5.74, 6) is 0. The summed E-state index contributed by atoms with van der Waals surface area (Å²) in [6.07, 6.45) is 4.70. The summed E-state index contributed by atoms with van der Waals surface area (Å²) < 4.78 is 0. The minimum Gasteiger partial charge on any atom is -0.253 e. The first-order valence-electron chi connectivity index (χ1n) is 9.37. The first kappa shape index (κ1) is 17.8. The van der Waals surface area contributed by atoms with Crippen LogP contribution in [0.4, 0.5) is 0 Å². The van der Waals surface area contributed by atoms with Crippen LogP contribution in [0.25, 0.3) is 11.3 Å². The maximum absolute atomic E-state index is 8.95. The summed E-state index contributed by atoms with van der Waals surface area (Å²) in [7, 11) is 0. The Bertz CT molecular complexity index is 1050. The smallest absolute Gasteiger partial charge is 0.0708 e. The van der Waals surface area contributed by atoms with Crippen LogP contribution < -0.4 is 0 Å². The molecule has 2 aromatic carbocycles. The summed E-state index contributed by atoms with van der Waals surface area (Å²) in [4.78, 5) is 4.93. The largest absolute Gasteiger partial charge is 0.253 e. The number of hydrogen-bond donors (Lipinski definition) is 0. The SMILES string of the molecule is Cc1cc(Cc2cc(-c3cccc(Cl)c3)nc3c2CCC3)ccc1CC#N. The standard InChI is InChI=1S/C24H21ClN2/c1-16-12-17(8-9-18(16)10-11-26)13-20-15-24(19-4-2-5-21(25)14-19)27-23-7-3-6-22(20)23/h2,4-5,8-9,12,14-15H,3,6-7,10,13H2,1H3. The van der Waals surface area contributed by atoms with Crippen molar-refractivity contribution in [3.05, 3.63) is 87.1 Å². The van der Waals surface area contributed by atoms with Gasteiger partial charge in [-0.15, -0.1) is 0 Å². The van der Waals surface area contributed by atoms with Crippen LogP contribution in [-0.4, -0.2) is 4.98 Å². The Morgan fingerprint density at radius 1 is 1.07 bits per heavy atom. The molecule has 0 amide bonds. The topological polar surface area (TPSA) is 36.7 Å². The summed E-state index contributed by atoms with van der Waals surface area (Å²) in [6, 6.07) is 18.9. The number of aryl methyl sites for hydroxylation is 2. The lowest BCUT2D eigenvalue weighted by Gasteiger charge is -2.13. The highest BCUT2D eigenvalue weighted by atomic mass is 35.5. The van der Waals surface area contributed by atoms with Gasteiger partial charge in [0.15, 0.2) is 0 Å².